The first-order valence-corrected chi connectivity index (χ1v) is 7.69. The number of aliphatic imine (C=N–C) groups is 1. The van der Waals surface area contributed by atoms with Crippen LogP contribution in [0.5, 0.6) is 0 Å². The van der Waals surface area contributed by atoms with Crippen LogP contribution in [-0.4, -0.2) is 42.7 Å². The standard InChI is InChI=1S/C14H15F2N5O2S/c1-23-11(22)6-10-8(9(17)2-3-19-14(15)16)7-20-12(21-10)13-18-4-5-24-13/h2-5,14,17,19H,6-7H2,1H3,(H,20,21)/b3-2-,17-9?. The van der Waals surface area contributed by atoms with E-state index in [4.69, 9.17) is 5.41 Å². The Hall–Kier alpha value is -2.62. The van der Waals surface area contributed by atoms with E-state index in [9.17, 15) is 13.6 Å². The van der Waals surface area contributed by atoms with E-state index in [1.54, 1.807) is 16.9 Å². The molecule has 128 valence electrons. The van der Waals surface area contributed by atoms with Gasteiger partial charge in [0.2, 0.25) is 0 Å². The number of allylic oxidation sites excluding steroid dienone is 1. The average molecular weight is 355 g/mol. The highest BCUT2D eigenvalue weighted by molar-refractivity contribution is 7.11. The molecule has 0 spiro atoms. The summed E-state index contributed by atoms with van der Waals surface area (Å²) < 4.78 is 28.8. The minimum absolute atomic E-state index is 0.0310. The zero-order chi connectivity index (χ0) is 17.5. The van der Waals surface area contributed by atoms with Crippen LogP contribution in [0.25, 0.3) is 0 Å². The zero-order valence-electron chi connectivity index (χ0n) is 12.7. The third-order valence-electron chi connectivity index (χ3n) is 3.01. The summed E-state index contributed by atoms with van der Waals surface area (Å²) in [6.45, 7) is -2.58. The number of halogens is 2. The van der Waals surface area contributed by atoms with Gasteiger partial charge in [0, 0.05) is 29.0 Å². The Kier molecular flexibility index (Phi) is 6.13. The largest absolute Gasteiger partial charge is 0.469 e. The van der Waals surface area contributed by atoms with Gasteiger partial charge in [-0.15, -0.1) is 11.3 Å². The van der Waals surface area contributed by atoms with E-state index in [1.165, 1.54) is 24.5 Å². The van der Waals surface area contributed by atoms with Crippen molar-refractivity contribution in [3.8, 4) is 0 Å². The van der Waals surface area contributed by atoms with E-state index in [0.29, 0.717) is 22.1 Å². The minimum Gasteiger partial charge on any atom is -0.469 e. The molecule has 1 aromatic heterocycles. The SMILES string of the molecule is COC(=O)CC1=C(C(=N)/C=C\NC(F)F)CN=C(c2nccs2)N1. The van der Waals surface area contributed by atoms with Gasteiger partial charge in [-0.2, -0.15) is 8.78 Å². The first kappa shape index (κ1) is 17.7. The molecule has 0 atom stereocenters. The molecule has 24 heavy (non-hydrogen) atoms. The fourth-order valence-corrected chi connectivity index (χ4v) is 2.49. The van der Waals surface area contributed by atoms with Crippen LogP contribution in [0.1, 0.15) is 11.4 Å². The highest BCUT2D eigenvalue weighted by Crippen LogP contribution is 2.17. The summed E-state index contributed by atoms with van der Waals surface area (Å²) in [5.74, 6) is 0.00742. The molecule has 1 aliphatic heterocycles. The lowest BCUT2D eigenvalue weighted by Crippen LogP contribution is -2.32. The van der Waals surface area contributed by atoms with Gasteiger partial charge in [-0.05, 0) is 6.08 Å². The number of aromatic nitrogens is 1. The number of amidine groups is 1. The monoisotopic (exact) mass is 355 g/mol. The molecular formula is C14H15F2N5O2S. The van der Waals surface area contributed by atoms with Crippen LogP contribution in [0.3, 0.4) is 0 Å². The molecule has 0 saturated carbocycles. The number of esters is 1. The van der Waals surface area contributed by atoms with Crippen molar-refractivity contribution in [2.24, 2.45) is 4.99 Å². The number of nitrogens with zero attached hydrogens (tertiary/aromatic N) is 2. The number of carbonyl (C=O) groups excluding carboxylic acids is 1. The lowest BCUT2D eigenvalue weighted by Gasteiger charge is -2.20. The van der Waals surface area contributed by atoms with E-state index in [2.05, 4.69) is 20.0 Å². The molecule has 0 amide bonds. The smallest absolute Gasteiger partial charge is 0.312 e. The second-order valence-corrected chi connectivity index (χ2v) is 5.45. The highest BCUT2D eigenvalue weighted by atomic mass is 32.1. The summed E-state index contributed by atoms with van der Waals surface area (Å²) in [7, 11) is 1.26. The summed E-state index contributed by atoms with van der Waals surface area (Å²) in [5, 5.41) is 15.2. The van der Waals surface area contributed by atoms with Gasteiger partial charge in [-0.25, -0.2) is 4.98 Å². The highest BCUT2D eigenvalue weighted by Gasteiger charge is 2.21. The molecule has 10 heteroatoms. The summed E-state index contributed by atoms with van der Waals surface area (Å²) in [4.78, 5) is 20.0. The van der Waals surface area contributed by atoms with Crippen molar-refractivity contribution in [1.29, 1.82) is 5.41 Å². The minimum atomic E-state index is -2.71. The molecular weight excluding hydrogens is 340 g/mol. The Balaban J connectivity index is 2.20. The van der Waals surface area contributed by atoms with Crippen molar-refractivity contribution in [1.82, 2.24) is 15.6 Å². The molecule has 0 aromatic carbocycles. The molecule has 0 aliphatic carbocycles. The average Bonchev–Trinajstić information content (AvgIpc) is 3.08. The van der Waals surface area contributed by atoms with Crippen molar-refractivity contribution in [2.45, 2.75) is 13.0 Å². The van der Waals surface area contributed by atoms with Gasteiger partial charge in [0.25, 0.3) is 0 Å². The first-order valence-electron chi connectivity index (χ1n) is 6.81. The van der Waals surface area contributed by atoms with Gasteiger partial charge in [-0.3, -0.25) is 9.79 Å². The Labute approximate surface area is 140 Å². The van der Waals surface area contributed by atoms with E-state index in [1.807, 2.05) is 0 Å². The van der Waals surface area contributed by atoms with Crippen molar-refractivity contribution < 1.29 is 18.3 Å². The second kappa shape index (κ2) is 8.29. The molecule has 2 rings (SSSR count). The molecule has 0 fully saturated rings. The molecule has 0 unspecified atom stereocenters. The molecule has 2 heterocycles. The Morgan fingerprint density at radius 3 is 3.04 bits per heavy atom. The molecule has 1 aromatic rings. The number of thiazole rings is 1. The van der Waals surface area contributed by atoms with Gasteiger partial charge >= 0.3 is 12.5 Å². The predicted molar refractivity (Wildman–Crippen MR) is 86.3 cm³/mol. The van der Waals surface area contributed by atoms with Gasteiger partial charge < -0.3 is 20.8 Å². The van der Waals surface area contributed by atoms with Crippen LogP contribution < -0.4 is 10.6 Å². The van der Waals surface area contributed by atoms with Crippen molar-refractivity contribution >= 4 is 28.9 Å². The maximum Gasteiger partial charge on any atom is 0.312 e. The van der Waals surface area contributed by atoms with E-state index in [0.717, 1.165) is 6.20 Å². The predicted octanol–water partition coefficient (Wildman–Crippen LogP) is 1.66. The molecule has 1 aliphatic rings. The number of hydrogen-bond acceptors (Lipinski definition) is 8. The number of rotatable bonds is 7. The fraction of sp³-hybridized carbons (Fsp3) is 0.286. The zero-order valence-corrected chi connectivity index (χ0v) is 13.5. The fourth-order valence-electron chi connectivity index (χ4n) is 1.89. The number of nitrogens with one attached hydrogen (secondary N) is 3. The first-order chi connectivity index (χ1) is 11.5. The Bertz CT molecular complexity index is 698. The van der Waals surface area contributed by atoms with Gasteiger partial charge in [0.15, 0.2) is 10.8 Å². The van der Waals surface area contributed by atoms with Crippen LogP contribution in [-0.2, 0) is 9.53 Å². The third-order valence-corrected chi connectivity index (χ3v) is 3.79. The molecule has 7 nitrogen and oxygen atoms in total. The summed E-state index contributed by atoms with van der Waals surface area (Å²) in [6, 6.07) is 0. The van der Waals surface area contributed by atoms with Gasteiger partial charge in [0.1, 0.15) is 0 Å². The van der Waals surface area contributed by atoms with Crippen LogP contribution in [0.15, 0.2) is 40.1 Å². The molecule has 3 N–H and O–H groups in total. The molecule has 0 radical (unpaired) electrons. The second-order valence-electron chi connectivity index (χ2n) is 4.55. The molecule has 0 bridgehead atoms. The Morgan fingerprint density at radius 2 is 2.42 bits per heavy atom. The topological polar surface area (TPSA) is 99.5 Å². The number of ether oxygens (including phenoxy) is 1. The van der Waals surface area contributed by atoms with E-state index < -0.39 is 12.5 Å². The quantitative estimate of drug-likeness (QED) is 0.392. The number of methoxy groups -OCH3 is 1. The van der Waals surface area contributed by atoms with Crippen molar-refractivity contribution in [3.63, 3.8) is 0 Å². The maximum atomic E-state index is 12.1. The third kappa shape index (κ3) is 4.69. The lowest BCUT2D eigenvalue weighted by molar-refractivity contribution is -0.139. The van der Waals surface area contributed by atoms with Crippen molar-refractivity contribution in [2.75, 3.05) is 13.7 Å². The van der Waals surface area contributed by atoms with Crippen LogP contribution in [0.2, 0.25) is 0 Å². The van der Waals surface area contributed by atoms with Crippen LogP contribution in [0, 0.1) is 5.41 Å². The maximum absolute atomic E-state index is 12.1. The number of carbonyl (C=O) groups is 1. The summed E-state index contributed by atoms with van der Waals surface area (Å²) >= 11 is 1.38. The van der Waals surface area contributed by atoms with Gasteiger partial charge in [-0.1, -0.05) is 0 Å². The summed E-state index contributed by atoms with van der Waals surface area (Å²) in [5.41, 5.74) is 0.832. The van der Waals surface area contributed by atoms with Crippen LogP contribution in [0.4, 0.5) is 8.78 Å². The Morgan fingerprint density at radius 1 is 1.62 bits per heavy atom. The lowest BCUT2D eigenvalue weighted by atomic mass is 10.0. The molecule has 0 saturated heterocycles. The van der Waals surface area contributed by atoms with Crippen LogP contribution >= 0.6 is 11.3 Å². The number of alkyl halides is 2. The van der Waals surface area contributed by atoms with E-state index in [-0.39, 0.29) is 18.7 Å². The van der Waals surface area contributed by atoms with E-state index >= 15 is 0 Å². The van der Waals surface area contributed by atoms with Crippen molar-refractivity contribution in [3.05, 3.63) is 40.1 Å². The normalized spacial score (nSPS) is 14.6. The number of hydrogen-bond donors (Lipinski definition) is 3. The summed E-state index contributed by atoms with van der Waals surface area (Å²) in [6.07, 6.45) is 3.71. The van der Waals surface area contributed by atoms with Gasteiger partial charge in [0.05, 0.1) is 25.8 Å².